The average Bonchev–Trinajstić information content (AvgIpc) is 2.59. The van der Waals surface area contributed by atoms with E-state index in [0.717, 1.165) is 0 Å². The third-order valence-corrected chi connectivity index (χ3v) is 5.06. The second kappa shape index (κ2) is 6.90. The molecule has 0 saturated carbocycles. The number of aromatic nitrogens is 1. The molecule has 3 aromatic rings. The molecule has 7 heteroatoms. The minimum absolute atomic E-state index is 0.225. The predicted octanol–water partition coefficient (Wildman–Crippen LogP) is 4.07. The smallest absolute Gasteiger partial charge is 0.262 e. The van der Waals surface area contributed by atoms with Crippen LogP contribution >= 0.6 is 0 Å². The van der Waals surface area contributed by atoms with E-state index in [2.05, 4.69) is 15.0 Å². The first kappa shape index (κ1) is 16.9. The van der Waals surface area contributed by atoms with Crippen LogP contribution in [0.1, 0.15) is 5.56 Å². The lowest BCUT2D eigenvalue weighted by Crippen LogP contribution is -2.14. The van der Waals surface area contributed by atoms with Crippen LogP contribution in [0.3, 0.4) is 0 Å². The molecule has 0 atom stereocenters. The Labute approximate surface area is 145 Å². The predicted molar refractivity (Wildman–Crippen MR) is 95.9 cm³/mol. The van der Waals surface area contributed by atoms with Crippen LogP contribution in [0.5, 0.6) is 0 Å². The van der Waals surface area contributed by atoms with Gasteiger partial charge < -0.3 is 5.32 Å². The molecule has 0 unspecified atom stereocenters. The van der Waals surface area contributed by atoms with Gasteiger partial charge in [0.2, 0.25) is 0 Å². The van der Waals surface area contributed by atoms with Crippen molar-refractivity contribution in [3.8, 4) is 0 Å². The number of halogens is 1. The number of benzene rings is 2. The lowest BCUT2D eigenvalue weighted by molar-refractivity contribution is 0.600. The number of anilines is 3. The summed E-state index contributed by atoms with van der Waals surface area (Å²) < 4.78 is 40.3. The molecule has 25 heavy (non-hydrogen) atoms. The van der Waals surface area contributed by atoms with Crippen LogP contribution in [0.2, 0.25) is 0 Å². The minimum atomic E-state index is -3.67. The summed E-state index contributed by atoms with van der Waals surface area (Å²) in [7, 11) is -3.67. The number of hydrogen-bond donors (Lipinski definition) is 2. The molecule has 0 radical (unpaired) electrons. The molecule has 2 N–H and O–H groups in total. The third kappa shape index (κ3) is 4.13. The van der Waals surface area contributed by atoms with Crippen LogP contribution in [-0.2, 0) is 10.0 Å². The fourth-order valence-corrected chi connectivity index (χ4v) is 3.57. The standard InChI is InChI=1S/C18H16FN3O2S/c1-13-4-2-3-5-17(13)25(23,24)22-16-10-11-18(20-12-16)21-15-8-6-14(19)7-9-15/h2-12,22H,1H3,(H,20,21). The lowest BCUT2D eigenvalue weighted by Gasteiger charge is -2.11. The van der Waals surface area contributed by atoms with E-state index >= 15 is 0 Å². The van der Waals surface area contributed by atoms with Crippen molar-refractivity contribution in [3.05, 3.63) is 78.2 Å². The zero-order valence-corrected chi connectivity index (χ0v) is 14.2. The Hall–Kier alpha value is -2.93. The minimum Gasteiger partial charge on any atom is -0.340 e. The first-order chi connectivity index (χ1) is 11.9. The Morgan fingerprint density at radius 1 is 0.920 bits per heavy atom. The molecule has 0 aliphatic rings. The van der Waals surface area contributed by atoms with E-state index in [1.165, 1.54) is 18.3 Å². The van der Waals surface area contributed by atoms with E-state index in [4.69, 9.17) is 0 Å². The maximum Gasteiger partial charge on any atom is 0.262 e. The zero-order chi connectivity index (χ0) is 17.9. The van der Waals surface area contributed by atoms with Gasteiger partial charge in [-0.1, -0.05) is 18.2 Å². The van der Waals surface area contributed by atoms with Crippen LogP contribution < -0.4 is 10.0 Å². The maximum atomic E-state index is 12.9. The number of hydrogen-bond acceptors (Lipinski definition) is 4. The van der Waals surface area contributed by atoms with Gasteiger partial charge in [0.1, 0.15) is 11.6 Å². The highest BCUT2D eigenvalue weighted by Crippen LogP contribution is 2.20. The summed E-state index contributed by atoms with van der Waals surface area (Å²) in [5, 5.41) is 3.01. The van der Waals surface area contributed by atoms with Gasteiger partial charge in [0.25, 0.3) is 10.0 Å². The number of nitrogens with zero attached hydrogens (tertiary/aromatic N) is 1. The summed E-state index contributed by atoms with van der Waals surface area (Å²) in [6.07, 6.45) is 1.42. The Bertz CT molecular complexity index is 972. The number of aryl methyl sites for hydroxylation is 1. The maximum absolute atomic E-state index is 12.9. The van der Waals surface area contributed by atoms with Crippen molar-refractivity contribution >= 4 is 27.2 Å². The second-order valence-electron chi connectivity index (χ2n) is 5.44. The van der Waals surface area contributed by atoms with Gasteiger partial charge in [0, 0.05) is 5.69 Å². The summed E-state index contributed by atoms with van der Waals surface area (Å²) in [5.74, 6) is 0.199. The normalized spacial score (nSPS) is 11.1. The highest BCUT2D eigenvalue weighted by molar-refractivity contribution is 7.92. The molecule has 1 aromatic heterocycles. The number of pyridine rings is 1. The highest BCUT2D eigenvalue weighted by Gasteiger charge is 2.16. The highest BCUT2D eigenvalue weighted by atomic mass is 32.2. The molecule has 0 spiro atoms. The quantitative estimate of drug-likeness (QED) is 0.722. The van der Waals surface area contributed by atoms with Gasteiger partial charge in [-0.05, 0) is 55.0 Å². The van der Waals surface area contributed by atoms with Crippen molar-refractivity contribution in [1.82, 2.24) is 4.98 Å². The van der Waals surface area contributed by atoms with E-state index in [-0.39, 0.29) is 10.7 Å². The van der Waals surface area contributed by atoms with Crippen LogP contribution in [0.25, 0.3) is 0 Å². The van der Waals surface area contributed by atoms with Crippen LogP contribution in [0.4, 0.5) is 21.6 Å². The molecule has 5 nitrogen and oxygen atoms in total. The van der Waals surface area contributed by atoms with Crippen molar-refractivity contribution in [1.29, 1.82) is 0 Å². The van der Waals surface area contributed by atoms with Crippen molar-refractivity contribution in [2.24, 2.45) is 0 Å². The van der Waals surface area contributed by atoms with E-state index in [9.17, 15) is 12.8 Å². The van der Waals surface area contributed by atoms with Gasteiger partial charge >= 0.3 is 0 Å². The lowest BCUT2D eigenvalue weighted by atomic mass is 10.2. The molecule has 3 rings (SSSR count). The molecule has 0 amide bonds. The molecule has 0 aliphatic heterocycles. The van der Waals surface area contributed by atoms with E-state index < -0.39 is 10.0 Å². The fraction of sp³-hybridized carbons (Fsp3) is 0.0556. The molecule has 128 valence electrons. The Balaban J connectivity index is 1.74. The molecule has 0 saturated heterocycles. The van der Waals surface area contributed by atoms with Crippen molar-refractivity contribution < 1.29 is 12.8 Å². The van der Waals surface area contributed by atoms with Crippen LogP contribution in [0.15, 0.2) is 71.8 Å². The summed E-state index contributed by atoms with van der Waals surface area (Å²) in [5.41, 5.74) is 1.70. The zero-order valence-electron chi connectivity index (χ0n) is 13.4. The van der Waals surface area contributed by atoms with E-state index in [1.807, 2.05) is 0 Å². The monoisotopic (exact) mass is 357 g/mol. The van der Waals surface area contributed by atoms with Gasteiger partial charge in [0.15, 0.2) is 0 Å². The van der Waals surface area contributed by atoms with E-state index in [0.29, 0.717) is 22.8 Å². The van der Waals surface area contributed by atoms with Gasteiger partial charge in [-0.3, -0.25) is 4.72 Å². The van der Waals surface area contributed by atoms with Crippen LogP contribution in [0, 0.1) is 12.7 Å². The summed E-state index contributed by atoms with van der Waals surface area (Å²) in [6, 6.07) is 15.9. The molecule has 0 bridgehead atoms. The molecule has 0 fully saturated rings. The Kier molecular flexibility index (Phi) is 4.67. The summed E-state index contributed by atoms with van der Waals surface area (Å²) in [4.78, 5) is 4.39. The van der Waals surface area contributed by atoms with Crippen molar-refractivity contribution in [3.63, 3.8) is 0 Å². The third-order valence-electron chi connectivity index (χ3n) is 3.52. The number of nitrogens with one attached hydrogen (secondary N) is 2. The molecule has 0 aliphatic carbocycles. The molecular weight excluding hydrogens is 341 g/mol. The molecular formula is C18H16FN3O2S. The summed E-state index contributed by atoms with van der Waals surface area (Å²) in [6.45, 7) is 1.74. The summed E-state index contributed by atoms with van der Waals surface area (Å²) >= 11 is 0. The Morgan fingerprint density at radius 3 is 2.24 bits per heavy atom. The first-order valence-corrected chi connectivity index (χ1v) is 8.99. The van der Waals surface area contributed by atoms with Gasteiger partial charge in [-0.25, -0.2) is 17.8 Å². The SMILES string of the molecule is Cc1ccccc1S(=O)(=O)Nc1ccc(Nc2ccc(F)cc2)nc1. The average molecular weight is 357 g/mol. The van der Waals surface area contributed by atoms with Crippen molar-refractivity contribution in [2.45, 2.75) is 11.8 Å². The Morgan fingerprint density at radius 2 is 1.60 bits per heavy atom. The van der Waals surface area contributed by atoms with Gasteiger partial charge in [-0.15, -0.1) is 0 Å². The first-order valence-electron chi connectivity index (χ1n) is 7.51. The van der Waals surface area contributed by atoms with Gasteiger partial charge in [-0.2, -0.15) is 0 Å². The van der Waals surface area contributed by atoms with Crippen molar-refractivity contribution in [2.75, 3.05) is 10.0 Å². The largest absolute Gasteiger partial charge is 0.340 e. The van der Waals surface area contributed by atoms with Gasteiger partial charge in [0.05, 0.1) is 16.8 Å². The fourth-order valence-electron chi connectivity index (χ4n) is 2.28. The van der Waals surface area contributed by atoms with Crippen LogP contribution in [-0.4, -0.2) is 13.4 Å². The number of rotatable bonds is 5. The van der Waals surface area contributed by atoms with E-state index in [1.54, 1.807) is 55.5 Å². The topological polar surface area (TPSA) is 71.1 Å². The second-order valence-corrected chi connectivity index (χ2v) is 7.09. The number of sulfonamides is 1. The molecule has 2 aromatic carbocycles. The molecule has 1 heterocycles.